The summed E-state index contributed by atoms with van der Waals surface area (Å²) in [7, 11) is 0. The van der Waals surface area contributed by atoms with Crippen molar-refractivity contribution in [1.82, 2.24) is 5.32 Å². The second-order valence-corrected chi connectivity index (χ2v) is 9.87. The van der Waals surface area contributed by atoms with Crippen molar-refractivity contribution >= 4 is 75.2 Å². The summed E-state index contributed by atoms with van der Waals surface area (Å²) >= 11 is 18.5. The van der Waals surface area contributed by atoms with Gasteiger partial charge in [0, 0.05) is 26.2 Å². The van der Waals surface area contributed by atoms with Gasteiger partial charge in [-0.05, 0) is 59.7 Å². The highest BCUT2D eigenvalue weighted by Crippen LogP contribution is 2.33. The number of amides is 4. The Morgan fingerprint density at radius 2 is 1.68 bits per heavy atom. The maximum Gasteiger partial charge on any atom is 0.335 e. The number of nitrogens with one attached hydrogen (secondary N) is 1. The van der Waals surface area contributed by atoms with Gasteiger partial charge in [0.15, 0.2) is 0 Å². The number of urea groups is 1. The molecule has 9 heteroatoms. The predicted molar refractivity (Wildman–Crippen MR) is 150 cm³/mol. The lowest BCUT2D eigenvalue weighted by atomic mass is 9.99. The van der Waals surface area contributed by atoms with E-state index in [0.717, 1.165) is 21.2 Å². The average molecular weight is 566 g/mol. The molecule has 0 radical (unpaired) electrons. The largest absolute Gasteiger partial charge is 0.488 e. The van der Waals surface area contributed by atoms with Crippen molar-refractivity contribution in [2.45, 2.75) is 13.5 Å². The number of rotatable bonds is 5. The van der Waals surface area contributed by atoms with Gasteiger partial charge < -0.3 is 4.74 Å². The topological polar surface area (TPSA) is 75.7 Å². The van der Waals surface area contributed by atoms with E-state index in [1.165, 1.54) is 12.1 Å². The van der Waals surface area contributed by atoms with Crippen LogP contribution in [0.4, 0.5) is 10.5 Å². The molecule has 0 saturated carbocycles. The van der Waals surface area contributed by atoms with Crippen LogP contribution in [0, 0.1) is 6.92 Å². The molecule has 1 heterocycles. The molecule has 0 aliphatic carbocycles. The minimum atomic E-state index is -0.858. The number of benzene rings is 4. The number of fused-ring (bicyclic) bond motifs is 1. The SMILES string of the molecule is Cc1ccc(N2C(=O)NC(=O)/C(=C\c3c(OCc4ccc(Cl)cc4Cl)ccc4ccccc34)C2=O)cc1Cl. The monoisotopic (exact) mass is 564 g/mol. The summed E-state index contributed by atoms with van der Waals surface area (Å²) < 4.78 is 6.11. The standard InChI is InChI=1S/C29H19Cl3N2O4/c1-16-6-10-20(13-24(16)31)34-28(36)23(27(35)33-29(34)37)14-22-21-5-3-2-4-17(21)8-11-26(22)38-15-18-7-9-19(30)12-25(18)32/h2-14H,15H2,1H3,(H,33,35,37)/b23-14+. The van der Waals surface area contributed by atoms with Crippen LogP contribution in [0.1, 0.15) is 16.7 Å². The second-order valence-electron chi connectivity index (χ2n) is 8.61. The minimum absolute atomic E-state index is 0.122. The molecule has 0 unspecified atom stereocenters. The molecule has 0 spiro atoms. The molecule has 1 aliphatic rings. The average Bonchev–Trinajstić information content (AvgIpc) is 2.88. The number of halogens is 3. The number of nitrogens with zero attached hydrogens (tertiary/aromatic N) is 1. The van der Waals surface area contributed by atoms with E-state index < -0.39 is 17.8 Å². The summed E-state index contributed by atoms with van der Waals surface area (Å²) in [6, 6.07) is 20.2. The number of hydrogen-bond acceptors (Lipinski definition) is 4. The molecule has 1 aliphatic heterocycles. The first-order valence-corrected chi connectivity index (χ1v) is 12.6. The van der Waals surface area contributed by atoms with Gasteiger partial charge >= 0.3 is 6.03 Å². The molecule has 190 valence electrons. The maximum absolute atomic E-state index is 13.5. The van der Waals surface area contributed by atoms with Crippen LogP contribution >= 0.6 is 34.8 Å². The highest BCUT2D eigenvalue weighted by Gasteiger charge is 2.37. The van der Waals surface area contributed by atoms with E-state index in [-0.39, 0.29) is 17.9 Å². The quantitative estimate of drug-likeness (QED) is 0.203. The Kier molecular flexibility index (Phi) is 7.13. The highest BCUT2D eigenvalue weighted by atomic mass is 35.5. The molecule has 4 aromatic carbocycles. The lowest BCUT2D eigenvalue weighted by molar-refractivity contribution is -0.122. The Bertz CT molecular complexity index is 1670. The van der Waals surface area contributed by atoms with E-state index in [1.807, 2.05) is 30.3 Å². The fraction of sp³-hybridized carbons (Fsp3) is 0.0690. The van der Waals surface area contributed by atoms with Crippen molar-refractivity contribution in [3.8, 4) is 5.75 Å². The van der Waals surface area contributed by atoms with E-state index in [9.17, 15) is 14.4 Å². The molecule has 1 saturated heterocycles. The van der Waals surface area contributed by atoms with Crippen LogP contribution in [0.2, 0.25) is 15.1 Å². The van der Waals surface area contributed by atoms with Gasteiger partial charge in [0.05, 0.1) is 5.69 Å². The molecule has 1 fully saturated rings. The number of imide groups is 2. The van der Waals surface area contributed by atoms with Gasteiger partial charge in [0.1, 0.15) is 17.9 Å². The lowest BCUT2D eigenvalue weighted by Crippen LogP contribution is -2.54. The van der Waals surface area contributed by atoms with Gasteiger partial charge in [-0.2, -0.15) is 0 Å². The number of ether oxygens (including phenoxy) is 1. The van der Waals surface area contributed by atoms with Gasteiger partial charge in [-0.1, -0.05) is 77.3 Å². The van der Waals surface area contributed by atoms with Crippen molar-refractivity contribution in [1.29, 1.82) is 0 Å². The molecule has 6 nitrogen and oxygen atoms in total. The Morgan fingerprint density at radius 3 is 2.45 bits per heavy atom. The van der Waals surface area contributed by atoms with Crippen molar-refractivity contribution in [2.75, 3.05) is 4.90 Å². The predicted octanol–water partition coefficient (Wildman–Crippen LogP) is 7.35. The number of carbonyl (C=O) groups excluding carboxylic acids is 3. The fourth-order valence-corrected chi connectivity index (χ4v) is 4.74. The first-order valence-electron chi connectivity index (χ1n) is 11.5. The first kappa shape index (κ1) is 25.8. The number of anilines is 1. The molecule has 0 aromatic heterocycles. The third-order valence-electron chi connectivity index (χ3n) is 6.13. The lowest BCUT2D eigenvalue weighted by Gasteiger charge is -2.27. The third-order valence-corrected chi connectivity index (χ3v) is 7.13. The summed E-state index contributed by atoms with van der Waals surface area (Å²) in [5.74, 6) is -1.17. The smallest absolute Gasteiger partial charge is 0.335 e. The van der Waals surface area contributed by atoms with Crippen LogP contribution in [-0.4, -0.2) is 17.8 Å². The molecule has 4 aromatic rings. The Hall–Kier alpha value is -3.84. The summed E-state index contributed by atoms with van der Waals surface area (Å²) in [6.45, 7) is 1.93. The van der Waals surface area contributed by atoms with E-state index >= 15 is 0 Å². The van der Waals surface area contributed by atoms with Crippen LogP contribution in [0.25, 0.3) is 16.8 Å². The molecule has 0 atom stereocenters. The van der Waals surface area contributed by atoms with Gasteiger partial charge in [-0.15, -0.1) is 0 Å². The van der Waals surface area contributed by atoms with Crippen LogP contribution in [-0.2, 0) is 16.2 Å². The van der Waals surface area contributed by atoms with Crippen molar-refractivity contribution < 1.29 is 19.1 Å². The molecule has 38 heavy (non-hydrogen) atoms. The van der Waals surface area contributed by atoms with E-state index in [1.54, 1.807) is 43.3 Å². The molecule has 0 bridgehead atoms. The molecule has 1 N–H and O–H groups in total. The molecular weight excluding hydrogens is 547 g/mol. The third kappa shape index (κ3) is 4.98. The Labute approximate surface area is 233 Å². The Balaban J connectivity index is 1.58. The van der Waals surface area contributed by atoms with Crippen molar-refractivity contribution in [2.24, 2.45) is 0 Å². The van der Waals surface area contributed by atoms with Crippen LogP contribution < -0.4 is 15.0 Å². The van der Waals surface area contributed by atoms with Crippen molar-refractivity contribution in [3.63, 3.8) is 0 Å². The molecule has 5 rings (SSSR count). The van der Waals surface area contributed by atoms with Gasteiger partial charge in [0.2, 0.25) is 0 Å². The van der Waals surface area contributed by atoms with Crippen LogP contribution in [0.3, 0.4) is 0 Å². The summed E-state index contributed by atoms with van der Waals surface area (Å²) in [4.78, 5) is 39.9. The number of barbiturate groups is 1. The summed E-state index contributed by atoms with van der Waals surface area (Å²) in [6.07, 6.45) is 1.44. The zero-order valence-corrected chi connectivity index (χ0v) is 22.2. The van der Waals surface area contributed by atoms with E-state index in [4.69, 9.17) is 39.5 Å². The summed E-state index contributed by atoms with van der Waals surface area (Å²) in [5.41, 5.74) is 2.01. The van der Waals surface area contributed by atoms with Crippen LogP contribution in [0.15, 0.2) is 78.4 Å². The highest BCUT2D eigenvalue weighted by molar-refractivity contribution is 6.40. The first-order chi connectivity index (χ1) is 18.2. The normalized spacial score (nSPS) is 14.8. The van der Waals surface area contributed by atoms with Gasteiger partial charge in [-0.25, -0.2) is 9.69 Å². The van der Waals surface area contributed by atoms with Crippen molar-refractivity contribution in [3.05, 3.63) is 110 Å². The number of hydrogen-bond donors (Lipinski definition) is 1. The molecular formula is C29H19Cl3N2O4. The number of carbonyl (C=O) groups is 3. The van der Waals surface area contributed by atoms with Crippen LogP contribution in [0.5, 0.6) is 5.75 Å². The Morgan fingerprint density at radius 1 is 0.895 bits per heavy atom. The molecule has 4 amide bonds. The fourth-order valence-electron chi connectivity index (χ4n) is 4.10. The second kappa shape index (κ2) is 10.5. The minimum Gasteiger partial charge on any atom is -0.488 e. The van der Waals surface area contributed by atoms with Gasteiger partial charge in [-0.3, -0.25) is 14.9 Å². The summed E-state index contributed by atoms with van der Waals surface area (Å²) in [5, 5.41) is 5.21. The number of aryl methyl sites for hydroxylation is 1. The zero-order chi connectivity index (χ0) is 27.0. The van der Waals surface area contributed by atoms with E-state index in [0.29, 0.717) is 31.9 Å². The zero-order valence-electron chi connectivity index (χ0n) is 19.9. The maximum atomic E-state index is 13.5. The van der Waals surface area contributed by atoms with E-state index in [2.05, 4.69) is 5.32 Å². The van der Waals surface area contributed by atoms with Gasteiger partial charge in [0.25, 0.3) is 11.8 Å².